The van der Waals surface area contributed by atoms with Crippen LogP contribution in [-0.2, 0) is 12.8 Å². The molecule has 3 aromatic rings. The Morgan fingerprint density at radius 1 is 1.26 bits per heavy atom. The zero-order chi connectivity index (χ0) is 21.8. The molecule has 7 nitrogen and oxygen atoms in total. The van der Waals surface area contributed by atoms with Gasteiger partial charge in [0.2, 0.25) is 5.76 Å². The fourth-order valence-corrected chi connectivity index (χ4v) is 4.53. The molecule has 8 heteroatoms. The molecule has 1 aliphatic rings. The van der Waals surface area contributed by atoms with Crippen LogP contribution < -0.4 is 14.9 Å². The Balaban J connectivity index is 1.39. The largest absolute Gasteiger partial charge is 0.493 e. The van der Waals surface area contributed by atoms with E-state index >= 15 is 0 Å². The predicted molar refractivity (Wildman–Crippen MR) is 117 cm³/mol. The number of hydrogen-bond donors (Lipinski definition) is 1. The van der Waals surface area contributed by atoms with Gasteiger partial charge in [0.05, 0.1) is 24.5 Å². The Bertz CT molecular complexity index is 1120. The third kappa shape index (κ3) is 4.86. The van der Waals surface area contributed by atoms with Crippen molar-refractivity contribution in [2.24, 2.45) is 11.0 Å². The molecule has 1 amide bonds. The maximum Gasteiger partial charge on any atom is 0.379 e. The lowest BCUT2D eigenvalue weighted by Gasteiger charge is -2.16. The first-order chi connectivity index (χ1) is 15.0. The summed E-state index contributed by atoms with van der Waals surface area (Å²) in [6.07, 6.45) is 6.14. The van der Waals surface area contributed by atoms with Gasteiger partial charge in [0.1, 0.15) is 0 Å². The monoisotopic (exact) mass is 438 g/mol. The van der Waals surface area contributed by atoms with Crippen LogP contribution in [0.5, 0.6) is 11.5 Å². The van der Waals surface area contributed by atoms with Gasteiger partial charge in [-0.1, -0.05) is 6.92 Å². The summed E-state index contributed by atoms with van der Waals surface area (Å²) < 4.78 is 15.6. The van der Waals surface area contributed by atoms with Crippen LogP contribution in [0.3, 0.4) is 0 Å². The maximum atomic E-state index is 12.4. The number of esters is 1. The number of carbonyl (C=O) groups is 2. The van der Waals surface area contributed by atoms with Gasteiger partial charge in [0.25, 0.3) is 5.91 Å². The lowest BCUT2D eigenvalue weighted by molar-refractivity contribution is 0.0696. The number of nitrogens with zero attached hydrogens (tertiary/aromatic N) is 1. The molecule has 0 bridgehead atoms. The summed E-state index contributed by atoms with van der Waals surface area (Å²) >= 11 is 1.54. The lowest BCUT2D eigenvalue weighted by Crippen LogP contribution is -2.16. The number of amides is 1. The van der Waals surface area contributed by atoms with Crippen molar-refractivity contribution in [3.63, 3.8) is 0 Å². The van der Waals surface area contributed by atoms with Gasteiger partial charge in [-0.05, 0) is 72.7 Å². The molecule has 0 fully saturated rings. The molecule has 31 heavy (non-hydrogen) atoms. The van der Waals surface area contributed by atoms with E-state index in [1.54, 1.807) is 35.6 Å². The first-order valence-corrected chi connectivity index (χ1v) is 10.7. The minimum Gasteiger partial charge on any atom is -0.493 e. The van der Waals surface area contributed by atoms with Crippen LogP contribution >= 0.6 is 11.3 Å². The number of hydrazone groups is 1. The Kier molecular flexibility index (Phi) is 6.18. The highest BCUT2D eigenvalue weighted by molar-refractivity contribution is 7.14. The second-order valence-corrected chi connectivity index (χ2v) is 8.52. The van der Waals surface area contributed by atoms with Crippen molar-refractivity contribution in [2.45, 2.75) is 26.2 Å². The van der Waals surface area contributed by atoms with Crippen LogP contribution in [0.1, 0.15) is 49.6 Å². The molecule has 0 radical (unpaired) electrons. The van der Waals surface area contributed by atoms with Crippen LogP contribution in [0.15, 0.2) is 52.2 Å². The second kappa shape index (κ2) is 9.18. The molecule has 160 valence electrons. The molecule has 1 N–H and O–H groups in total. The number of ether oxygens (including phenoxy) is 2. The summed E-state index contributed by atoms with van der Waals surface area (Å²) in [5.41, 5.74) is 4.53. The summed E-state index contributed by atoms with van der Waals surface area (Å²) in [6.45, 7) is 2.24. The van der Waals surface area contributed by atoms with Gasteiger partial charge >= 0.3 is 5.97 Å². The number of fused-ring (bicyclic) bond motifs is 1. The van der Waals surface area contributed by atoms with Crippen molar-refractivity contribution >= 4 is 29.4 Å². The number of aryl methyl sites for hydroxylation is 1. The van der Waals surface area contributed by atoms with Gasteiger partial charge < -0.3 is 13.9 Å². The number of thiophene rings is 1. The third-order valence-electron chi connectivity index (χ3n) is 5.05. The molecule has 2 aromatic heterocycles. The molecule has 0 saturated carbocycles. The summed E-state index contributed by atoms with van der Waals surface area (Å²) in [5, 5.41) is 4.05. The quantitative estimate of drug-likeness (QED) is 0.266. The van der Waals surface area contributed by atoms with Crippen LogP contribution in [-0.4, -0.2) is 25.2 Å². The average molecular weight is 439 g/mol. The van der Waals surface area contributed by atoms with Crippen LogP contribution in [0.2, 0.25) is 0 Å². The van der Waals surface area contributed by atoms with Crippen LogP contribution in [0, 0.1) is 5.92 Å². The van der Waals surface area contributed by atoms with Gasteiger partial charge in [-0.15, -0.1) is 11.3 Å². The molecule has 1 atom stereocenters. The zero-order valence-electron chi connectivity index (χ0n) is 17.2. The summed E-state index contributed by atoms with van der Waals surface area (Å²) in [5.74, 6) is 0.524. The SMILES string of the molecule is COc1cc(/C=N\NC(=O)c2cc3c(s2)CC[C@@H](C)C3)ccc1OC(=O)c1ccco1. The topological polar surface area (TPSA) is 90.1 Å². The molecule has 0 aliphatic heterocycles. The lowest BCUT2D eigenvalue weighted by atomic mass is 9.90. The maximum absolute atomic E-state index is 12.4. The fraction of sp³-hybridized carbons (Fsp3) is 0.261. The van der Waals surface area contributed by atoms with E-state index in [1.807, 2.05) is 6.07 Å². The van der Waals surface area contributed by atoms with E-state index in [1.165, 1.54) is 42.5 Å². The highest BCUT2D eigenvalue weighted by Gasteiger charge is 2.20. The Labute approximate surface area is 183 Å². The van der Waals surface area contributed by atoms with Gasteiger partial charge in [-0.25, -0.2) is 10.2 Å². The number of carbonyl (C=O) groups excluding carboxylic acids is 2. The van der Waals surface area contributed by atoms with Crippen molar-refractivity contribution in [3.05, 3.63) is 69.3 Å². The fourth-order valence-electron chi connectivity index (χ4n) is 3.43. The number of rotatable bonds is 6. The van der Waals surface area contributed by atoms with Crippen molar-refractivity contribution in [3.8, 4) is 11.5 Å². The first-order valence-electron chi connectivity index (χ1n) is 9.92. The third-order valence-corrected chi connectivity index (χ3v) is 6.28. The highest BCUT2D eigenvalue weighted by Crippen LogP contribution is 2.32. The normalized spacial score (nSPS) is 15.5. The van der Waals surface area contributed by atoms with Crippen LogP contribution in [0.25, 0.3) is 0 Å². The molecule has 2 heterocycles. The molecular formula is C23H22N2O5S. The van der Waals surface area contributed by atoms with E-state index in [4.69, 9.17) is 13.9 Å². The number of benzene rings is 1. The number of methoxy groups -OCH3 is 1. The molecule has 1 aromatic carbocycles. The molecule has 0 saturated heterocycles. The summed E-state index contributed by atoms with van der Waals surface area (Å²) in [6, 6.07) is 10.1. The highest BCUT2D eigenvalue weighted by atomic mass is 32.1. The molecule has 0 spiro atoms. The van der Waals surface area contributed by atoms with Crippen molar-refractivity contribution in [1.82, 2.24) is 5.43 Å². The van der Waals surface area contributed by atoms with Gasteiger partial charge in [0.15, 0.2) is 11.5 Å². The Hall–Kier alpha value is -3.39. The molecule has 1 aliphatic carbocycles. The van der Waals surface area contributed by atoms with E-state index in [-0.39, 0.29) is 17.4 Å². The van der Waals surface area contributed by atoms with E-state index in [9.17, 15) is 9.59 Å². The van der Waals surface area contributed by atoms with E-state index in [2.05, 4.69) is 17.5 Å². The number of hydrogen-bond acceptors (Lipinski definition) is 7. The smallest absolute Gasteiger partial charge is 0.379 e. The first kappa shape index (κ1) is 20.9. The molecule has 0 unspecified atom stereocenters. The average Bonchev–Trinajstić information content (AvgIpc) is 3.44. The minimum absolute atomic E-state index is 0.0973. The molecule has 4 rings (SSSR count). The van der Waals surface area contributed by atoms with Crippen molar-refractivity contribution < 1.29 is 23.5 Å². The van der Waals surface area contributed by atoms with Gasteiger partial charge in [-0.2, -0.15) is 5.10 Å². The summed E-state index contributed by atoms with van der Waals surface area (Å²) in [4.78, 5) is 26.5. The van der Waals surface area contributed by atoms with Crippen molar-refractivity contribution in [2.75, 3.05) is 7.11 Å². The Morgan fingerprint density at radius 3 is 2.90 bits per heavy atom. The van der Waals surface area contributed by atoms with E-state index < -0.39 is 5.97 Å². The summed E-state index contributed by atoms with van der Waals surface area (Å²) in [7, 11) is 1.47. The van der Waals surface area contributed by atoms with E-state index in [0.29, 0.717) is 22.1 Å². The van der Waals surface area contributed by atoms with Gasteiger partial charge in [0, 0.05) is 4.88 Å². The number of nitrogens with one attached hydrogen (secondary N) is 1. The Morgan fingerprint density at radius 2 is 2.13 bits per heavy atom. The second-order valence-electron chi connectivity index (χ2n) is 7.38. The standard InChI is InChI=1S/C23H22N2O5S/c1-14-5-8-20-16(10-14)12-21(31-20)22(26)25-24-13-15-6-7-17(19(11-15)28-2)30-23(27)18-4-3-9-29-18/h3-4,6-7,9,11-14H,5,8,10H2,1-2H3,(H,25,26)/b24-13-/t14-/m1/s1. The predicted octanol–water partition coefficient (Wildman–Crippen LogP) is 4.46. The molecular weight excluding hydrogens is 416 g/mol. The van der Waals surface area contributed by atoms with Crippen molar-refractivity contribution in [1.29, 1.82) is 0 Å². The minimum atomic E-state index is -0.620. The van der Waals surface area contributed by atoms with Crippen LogP contribution in [0.4, 0.5) is 0 Å². The van der Waals surface area contributed by atoms with E-state index in [0.717, 1.165) is 12.8 Å². The number of furan rings is 1. The van der Waals surface area contributed by atoms with Gasteiger partial charge in [-0.3, -0.25) is 4.79 Å². The zero-order valence-corrected chi connectivity index (χ0v) is 18.0.